The highest BCUT2D eigenvalue weighted by Gasteiger charge is 2.36. The lowest BCUT2D eigenvalue weighted by atomic mass is 10.1. The molecule has 1 aromatic heterocycles. The van der Waals surface area contributed by atoms with Gasteiger partial charge in [0.25, 0.3) is 11.8 Å². The number of aromatic nitrogens is 2. The maximum Gasteiger partial charge on any atom is 0.254 e. The Labute approximate surface area is 163 Å². The van der Waals surface area contributed by atoms with Crippen molar-refractivity contribution in [3.8, 4) is 5.69 Å². The molecule has 1 aromatic carbocycles. The highest BCUT2D eigenvalue weighted by molar-refractivity contribution is 5.91. The first kappa shape index (κ1) is 20.0. The van der Waals surface area contributed by atoms with Crippen molar-refractivity contribution in [3.05, 3.63) is 48.3 Å². The van der Waals surface area contributed by atoms with Crippen molar-refractivity contribution in [1.29, 1.82) is 0 Å². The van der Waals surface area contributed by atoms with Crippen molar-refractivity contribution in [2.45, 2.75) is 51.0 Å². The fourth-order valence-electron chi connectivity index (χ4n) is 3.43. The molecular formula is C20H26N4O4. The highest BCUT2D eigenvalue weighted by atomic mass is 16.3. The van der Waals surface area contributed by atoms with Crippen LogP contribution in [0.3, 0.4) is 0 Å². The van der Waals surface area contributed by atoms with E-state index >= 15 is 0 Å². The third-order valence-electron chi connectivity index (χ3n) is 5.18. The molecule has 2 aromatic rings. The first-order valence-electron chi connectivity index (χ1n) is 9.45. The Hall–Kier alpha value is -2.71. The van der Waals surface area contributed by atoms with E-state index in [4.69, 9.17) is 0 Å². The number of aliphatic hydroxyl groups is 2. The summed E-state index contributed by atoms with van der Waals surface area (Å²) in [6.45, 7) is 4.19. The van der Waals surface area contributed by atoms with Crippen LogP contribution in [-0.4, -0.2) is 61.5 Å². The number of rotatable bonds is 6. The van der Waals surface area contributed by atoms with E-state index in [2.05, 4.69) is 10.4 Å². The van der Waals surface area contributed by atoms with Crippen LogP contribution in [0, 0.1) is 0 Å². The second-order valence-corrected chi connectivity index (χ2v) is 7.18. The molecule has 1 fully saturated rings. The molecule has 1 aliphatic heterocycles. The van der Waals surface area contributed by atoms with Crippen LogP contribution in [-0.2, 0) is 9.59 Å². The van der Waals surface area contributed by atoms with Crippen LogP contribution in [0.1, 0.15) is 38.3 Å². The second-order valence-electron chi connectivity index (χ2n) is 7.18. The van der Waals surface area contributed by atoms with Crippen LogP contribution in [0.15, 0.2) is 42.7 Å². The summed E-state index contributed by atoms with van der Waals surface area (Å²) in [7, 11) is 0. The van der Waals surface area contributed by atoms with E-state index in [0.717, 1.165) is 24.1 Å². The number of likely N-dealkylation sites (tertiary alicyclic amines) is 1. The molecule has 0 unspecified atom stereocenters. The van der Waals surface area contributed by atoms with Crippen molar-refractivity contribution in [1.82, 2.24) is 20.0 Å². The van der Waals surface area contributed by atoms with E-state index in [-0.39, 0.29) is 6.04 Å². The van der Waals surface area contributed by atoms with Gasteiger partial charge in [0, 0.05) is 25.0 Å². The fourth-order valence-corrected chi connectivity index (χ4v) is 3.43. The number of carbonyl (C=O) groups is 2. The number of hydrogen-bond donors (Lipinski definition) is 3. The molecule has 4 atom stereocenters. The topological polar surface area (TPSA) is 108 Å². The largest absolute Gasteiger partial charge is 0.380 e. The number of hydrogen-bond acceptors (Lipinski definition) is 5. The summed E-state index contributed by atoms with van der Waals surface area (Å²) < 4.78 is 1.72. The molecule has 0 saturated carbocycles. The molecule has 0 bridgehead atoms. The van der Waals surface area contributed by atoms with Crippen LogP contribution in [0.25, 0.3) is 5.69 Å². The Morgan fingerprint density at radius 1 is 1.21 bits per heavy atom. The molecule has 3 N–H and O–H groups in total. The molecule has 3 rings (SSSR count). The van der Waals surface area contributed by atoms with Crippen LogP contribution >= 0.6 is 0 Å². The van der Waals surface area contributed by atoms with Crippen LogP contribution in [0.4, 0.5) is 0 Å². The van der Waals surface area contributed by atoms with E-state index in [1.165, 1.54) is 4.90 Å². The van der Waals surface area contributed by atoms with Gasteiger partial charge < -0.3 is 20.4 Å². The van der Waals surface area contributed by atoms with Gasteiger partial charge in [-0.25, -0.2) is 4.68 Å². The summed E-state index contributed by atoms with van der Waals surface area (Å²) in [5.74, 6) is -1.39. The zero-order chi connectivity index (χ0) is 20.3. The van der Waals surface area contributed by atoms with Gasteiger partial charge in [-0.05, 0) is 50.5 Å². The van der Waals surface area contributed by atoms with Crippen molar-refractivity contribution in [2.24, 2.45) is 0 Å². The van der Waals surface area contributed by atoms with E-state index in [9.17, 15) is 19.8 Å². The standard InChI is InChI=1S/C20H26N4O4/c1-13-5-3-11-23(13)20(28)18(26)17(25)19(27)22-14(2)15-6-8-16(9-7-15)24-12-4-10-21-24/h4,6-10,12-14,17-18,25-26H,3,5,11H2,1-2H3,(H,22,27)/t13-,14+,17+,18+/m0/s1. The van der Waals surface area contributed by atoms with Crippen molar-refractivity contribution >= 4 is 11.8 Å². The number of aliphatic hydroxyl groups excluding tert-OH is 2. The number of amides is 2. The van der Waals surface area contributed by atoms with E-state index in [1.54, 1.807) is 17.8 Å². The smallest absolute Gasteiger partial charge is 0.254 e. The SMILES string of the molecule is C[C@@H](NC(=O)[C@H](O)[C@@H](O)C(=O)N1CCC[C@@H]1C)c1ccc(-n2cccn2)cc1. The van der Waals surface area contributed by atoms with E-state index in [0.29, 0.717) is 6.54 Å². The molecule has 2 amide bonds. The molecule has 28 heavy (non-hydrogen) atoms. The molecule has 0 radical (unpaired) electrons. The third-order valence-corrected chi connectivity index (χ3v) is 5.18. The summed E-state index contributed by atoms with van der Waals surface area (Å²) >= 11 is 0. The Kier molecular flexibility index (Phi) is 6.11. The maximum atomic E-state index is 12.3. The van der Waals surface area contributed by atoms with Gasteiger partial charge in [-0.1, -0.05) is 12.1 Å². The lowest BCUT2D eigenvalue weighted by molar-refractivity contribution is -0.153. The summed E-state index contributed by atoms with van der Waals surface area (Å²) in [4.78, 5) is 26.2. The highest BCUT2D eigenvalue weighted by Crippen LogP contribution is 2.19. The normalized spacial score (nSPS) is 19.9. The summed E-state index contributed by atoms with van der Waals surface area (Å²) in [6.07, 6.45) is 1.64. The second kappa shape index (κ2) is 8.53. The van der Waals surface area contributed by atoms with Crippen molar-refractivity contribution in [3.63, 3.8) is 0 Å². The predicted molar refractivity (Wildman–Crippen MR) is 103 cm³/mol. The Balaban J connectivity index is 1.59. The summed E-state index contributed by atoms with van der Waals surface area (Å²) in [5.41, 5.74) is 1.71. The molecule has 1 aliphatic rings. The average Bonchev–Trinajstić information content (AvgIpc) is 3.38. The van der Waals surface area contributed by atoms with Crippen molar-refractivity contribution < 1.29 is 19.8 Å². The Morgan fingerprint density at radius 3 is 2.50 bits per heavy atom. The minimum absolute atomic E-state index is 0.00429. The van der Waals surface area contributed by atoms with Gasteiger partial charge in [-0.15, -0.1) is 0 Å². The molecule has 2 heterocycles. The average molecular weight is 386 g/mol. The van der Waals surface area contributed by atoms with Crippen LogP contribution in [0.2, 0.25) is 0 Å². The van der Waals surface area contributed by atoms with E-state index < -0.39 is 30.1 Å². The molecule has 0 aliphatic carbocycles. The monoisotopic (exact) mass is 386 g/mol. The quantitative estimate of drug-likeness (QED) is 0.680. The lowest BCUT2D eigenvalue weighted by Gasteiger charge is -2.27. The molecule has 8 heteroatoms. The molecule has 8 nitrogen and oxygen atoms in total. The van der Waals surface area contributed by atoms with Gasteiger partial charge in [0.1, 0.15) is 0 Å². The first-order chi connectivity index (χ1) is 13.4. The zero-order valence-corrected chi connectivity index (χ0v) is 16.0. The van der Waals surface area contributed by atoms with Gasteiger partial charge in [-0.2, -0.15) is 5.10 Å². The molecule has 1 saturated heterocycles. The van der Waals surface area contributed by atoms with E-state index in [1.807, 2.05) is 43.5 Å². The van der Waals surface area contributed by atoms with Crippen LogP contribution in [0.5, 0.6) is 0 Å². The van der Waals surface area contributed by atoms with Crippen LogP contribution < -0.4 is 5.32 Å². The van der Waals surface area contributed by atoms with Gasteiger partial charge in [0.05, 0.1) is 11.7 Å². The summed E-state index contributed by atoms with van der Waals surface area (Å²) in [5, 5.41) is 27.1. The predicted octanol–water partition coefficient (Wildman–Crippen LogP) is 0.782. The molecular weight excluding hydrogens is 360 g/mol. The lowest BCUT2D eigenvalue weighted by Crippen LogP contribution is -2.51. The first-order valence-corrected chi connectivity index (χ1v) is 9.45. The minimum atomic E-state index is -1.81. The number of benzene rings is 1. The number of carbonyl (C=O) groups excluding carboxylic acids is 2. The fraction of sp³-hybridized carbons (Fsp3) is 0.450. The molecule has 0 spiro atoms. The maximum absolute atomic E-state index is 12.3. The summed E-state index contributed by atoms with van der Waals surface area (Å²) in [6, 6.07) is 8.87. The van der Waals surface area contributed by atoms with Gasteiger partial charge in [-0.3, -0.25) is 9.59 Å². The van der Waals surface area contributed by atoms with Gasteiger partial charge in [0.15, 0.2) is 12.2 Å². The zero-order valence-electron chi connectivity index (χ0n) is 16.0. The number of nitrogens with zero attached hydrogens (tertiary/aromatic N) is 3. The van der Waals surface area contributed by atoms with Crippen molar-refractivity contribution in [2.75, 3.05) is 6.54 Å². The molecule has 150 valence electrons. The van der Waals surface area contributed by atoms with Gasteiger partial charge in [0.2, 0.25) is 0 Å². The number of nitrogens with one attached hydrogen (secondary N) is 1. The van der Waals surface area contributed by atoms with Gasteiger partial charge >= 0.3 is 0 Å². The third kappa shape index (κ3) is 4.23. The Bertz CT molecular complexity index is 806. The Morgan fingerprint density at radius 2 is 1.93 bits per heavy atom. The minimum Gasteiger partial charge on any atom is -0.380 e.